The van der Waals surface area contributed by atoms with Crippen LogP contribution in [0.15, 0.2) is 0 Å². The molecule has 1 N–H and O–H groups in total. The van der Waals surface area contributed by atoms with E-state index in [9.17, 15) is 4.79 Å². The smallest absolute Gasteiger partial charge is 0.223 e. The van der Waals surface area contributed by atoms with Crippen molar-refractivity contribution in [2.75, 3.05) is 0 Å². The van der Waals surface area contributed by atoms with Crippen molar-refractivity contribution in [3.05, 3.63) is 0 Å². The number of hydrogen-bond donors (Lipinski definition) is 1. The monoisotopic (exact) mass is 275 g/mol. The zero-order valence-corrected chi connectivity index (χ0v) is 11.3. The predicted octanol–water partition coefficient (Wildman–Crippen LogP) is 3.24. The van der Waals surface area contributed by atoms with Crippen LogP contribution in [-0.2, 0) is 4.79 Å². The minimum Gasteiger partial charge on any atom is -0.353 e. The minimum atomic E-state index is 0.273. The Morgan fingerprint density at radius 3 is 2.47 bits per heavy atom. The second-order valence-electron chi connectivity index (χ2n) is 4.76. The summed E-state index contributed by atoms with van der Waals surface area (Å²) >= 11 is 3.51. The van der Waals surface area contributed by atoms with E-state index in [4.69, 9.17) is 0 Å². The fraction of sp³-hybridized carbons (Fsp3) is 0.917. The van der Waals surface area contributed by atoms with E-state index in [0.717, 1.165) is 19.3 Å². The first-order chi connectivity index (χ1) is 7.09. The molecule has 0 heterocycles. The molecule has 2 nitrogen and oxygen atoms in total. The molecule has 1 saturated carbocycles. The fourth-order valence-corrected chi connectivity index (χ4v) is 2.83. The molecule has 3 heteroatoms. The average Bonchev–Trinajstić information content (AvgIpc) is 2.17. The van der Waals surface area contributed by atoms with Crippen molar-refractivity contribution in [1.29, 1.82) is 0 Å². The van der Waals surface area contributed by atoms with Crippen molar-refractivity contribution >= 4 is 21.8 Å². The summed E-state index contributed by atoms with van der Waals surface area (Å²) in [6.07, 6.45) is 6.92. The number of hydrogen-bond acceptors (Lipinski definition) is 1. The SMILES string of the molecule is CC(Br)CC(C)NC(=O)C1CCCCC1. The molecule has 1 amide bonds. The fourth-order valence-electron chi connectivity index (χ4n) is 2.27. The summed E-state index contributed by atoms with van der Waals surface area (Å²) in [5, 5.41) is 3.11. The van der Waals surface area contributed by atoms with Crippen LogP contribution < -0.4 is 5.32 Å². The normalized spacial score (nSPS) is 22.1. The van der Waals surface area contributed by atoms with Gasteiger partial charge in [0.25, 0.3) is 0 Å². The van der Waals surface area contributed by atoms with Gasteiger partial charge in [-0.15, -0.1) is 0 Å². The van der Waals surface area contributed by atoms with Gasteiger partial charge in [0.1, 0.15) is 0 Å². The number of nitrogens with one attached hydrogen (secondary N) is 1. The Morgan fingerprint density at radius 2 is 1.93 bits per heavy atom. The second-order valence-corrected chi connectivity index (χ2v) is 6.32. The molecule has 0 aliphatic heterocycles. The predicted molar refractivity (Wildman–Crippen MR) is 67.2 cm³/mol. The van der Waals surface area contributed by atoms with E-state index in [1.807, 2.05) is 0 Å². The summed E-state index contributed by atoms with van der Waals surface area (Å²) in [7, 11) is 0. The zero-order chi connectivity index (χ0) is 11.3. The molecule has 88 valence electrons. The summed E-state index contributed by atoms with van der Waals surface area (Å²) in [6.45, 7) is 4.20. The van der Waals surface area contributed by atoms with E-state index in [2.05, 4.69) is 35.1 Å². The standard InChI is InChI=1S/C12H22BrNO/c1-9(13)8-10(2)14-12(15)11-6-4-3-5-7-11/h9-11H,3-8H2,1-2H3,(H,14,15). The molecular formula is C12H22BrNO. The van der Waals surface area contributed by atoms with Gasteiger partial charge in [-0.3, -0.25) is 4.79 Å². The van der Waals surface area contributed by atoms with Crippen LogP contribution >= 0.6 is 15.9 Å². The third-order valence-corrected chi connectivity index (χ3v) is 3.42. The van der Waals surface area contributed by atoms with E-state index in [-0.39, 0.29) is 17.9 Å². The van der Waals surface area contributed by atoms with Crippen molar-refractivity contribution in [2.24, 2.45) is 5.92 Å². The van der Waals surface area contributed by atoms with E-state index in [1.165, 1.54) is 19.3 Å². The molecule has 0 aromatic carbocycles. The van der Waals surface area contributed by atoms with E-state index in [0.29, 0.717) is 4.83 Å². The van der Waals surface area contributed by atoms with Crippen molar-refractivity contribution in [1.82, 2.24) is 5.32 Å². The van der Waals surface area contributed by atoms with Gasteiger partial charge in [-0.1, -0.05) is 42.1 Å². The molecule has 0 aromatic rings. The molecule has 2 atom stereocenters. The highest BCUT2D eigenvalue weighted by Gasteiger charge is 2.22. The highest BCUT2D eigenvalue weighted by Crippen LogP contribution is 2.23. The molecule has 1 rings (SSSR count). The number of carbonyl (C=O) groups excluding carboxylic acids is 1. The molecule has 0 spiro atoms. The van der Waals surface area contributed by atoms with Crippen LogP contribution in [0.1, 0.15) is 52.4 Å². The van der Waals surface area contributed by atoms with Crippen molar-refractivity contribution in [3.8, 4) is 0 Å². The second kappa shape index (κ2) is 6.51. The lowest BCUT2D eigenvalue weighted by Gasteiger charge is -2.23. The minimum absolute atomic E-state index is 0.273. The number of halogens is 1. The molecule has 1 aliphatic rings. The first-order valence-electron chi connectivity index (χ1n) is 6.04. The van der Waals surface area contributed by atoms with Crippen LogP contribution in [0.4, 0.5) is 0 Å². The lowest BCUT2D eigenvalue weighted by atomic mass is 9.88. The van der Waals surface area contributed by atoms with Crippen LogP contribution in [0.25, 0.3) is 0 Å². The maximum absolute atomic E-state index is 11.9. The molecule has 15 heavy (non-hydrogen) atoms. The van der Waals surface area contributed by atoms with E-state index in [1.54, 1.807) is 0 Å². The van der Waals surface area contributed by atoms with Crippen LogP contribution in [0.5, 0.6) is 0 Å². The molecule has 0 saturated heterocycles. The summed E-state index contributed by atoms with van der Waals surface area (Å²) in [6, 6.07) is 0.286. The van der Waals surface area contributed by atoms with Crippen molar-refractivity contribution < 1.29 is 4.79 Å². The molecule has 0 radical (unpaired) electrons. The Hall–Kier alpha value is -0.0500. The van der Waals surface area contributed by atoms with Gasteiger partial charge in [-0.2, -0.15) is 0 Å². The Balaban J connectivity index is 2.27. The Morgan fingerprint density at radius 1 is 1.33 bits per heavy atom. The Bertz CT molecular complexity index is 200. The van der Waals surface area contributed by atoms with Gasteiger partial charge < -0.3 is 5.32 Å². The summed E-state index contributed by atoms with van der Waals surface area (Å²) in [5.74, 6) is 0.558. The van der Waals surface area contributed by atoms with Gasteiger partial charge in [0.05, 0.1) is 0 Å². The molecule has 1 aliphatic carbocycles. The first-order valence-corrected chi connectivity index (χ1v) is 6.95. The van der Waals surface area contributed by atoms with Gasteiger partial charge in [0.2, 0.25) is 5.91 Å². The number of amides is 1. The molecule has 1 fully saturated rings. The number of alkyl halides is 1. The van der Waals surface area contributed by atoms with E-state index >= 15 is 0 Å². The highest BCUT2D eigenvalue weighted by molar-refractivity contribution is 9.09. The van der Waals surface area contributed by atoms with Crippen molar-refractivity contribution in [2.45, 2.75) is 63.2 Å². The summed E-state index contributed by atoms with van der Waals surface area (Å²) in [5.41, 5.74) is 0. The van der Waals surface area contributed by atoms with Crippen LogP contribution in [0, 0.1) is 5.92 Å². The average molecular weight is 276 g/mol. The van der Waals surface area contributed by atoms with Gasteiger partial charge >= 0.3 is 0 Å². The van der Waals surface area contributed by atoms with Gasteiger partial charge in [0, 0.05) is 16.8 Å². The summed E-state index contributed by atoms with van der Waals surface area (Å²) < 4.78 is 0. The summed E-state index contributed by atoms with van der Waals surface area (Å²) in [4.78, 5) is 12.3. The topological polar surface area (TPSA) is 29.1 Å². The lowest BCUT2D eigenvalue weighted by molar-refractivity contribution is -0.126. The molecule has 2 unspecified atom stereocenters. The highest BCUT2D eigenvalue weighted by atomic mass is 79.9. The van der Waals surface area contributed by atoms with Gasteiger partial charge in [-0.05, 0) is 26.2 Å². The largest absolute Gasteiger partial charge is 0.353 e. The van der Waals surface area contributed by atoms with Crippen LogP contribution in [0.2, 0.25) is 0 Å². The zero-order valence-electron chi connectivity index (χ0n) is 9.76. The quantitative estimate of drug-likeness (QED) is 0.785. The maximum atomic E-state index is 11.9. The third kappa shape index (κ3) is 5.01. The first kappa shape index (κ1) is 13.0. The third-order valence-electron chi connectivity index (χ3n) is 3.04. The van der Waals surface area contributed by atoms with Gasteiger partial charge in [0.15, 0.2) is 0 Å². The number of rotatable bonds is 4. The Labute approximate surface area is 101 Å². The van der Waals surface area contributed by atoms with Gasteiger partial charge in [-0.25, -0.2) is 0 Å². The Kier molecular flexibility index (Phi) is 5.65. The number of carbonyl (C=O) groups is 1. The molecule has 0 bridgehead atoms. The molecular weight excluding hydrogens is 254 g/mol. The lowest BCUT2D eigenvalue weighted by Crippen LogP contribution is -2.38. The van der Waals surface area contributed by atoms with Crippen LogP contribution in [0.3, 0.4) is 0 Å². The maximum Gasteiger partial charge on any atom is 0.223 e. The molecule has 0 aromatic heterocycles. The van der Waals surface area contributed by atoms with Crippen molar-refractivity contribution in [3.63, 3.8) is 0 Å². The van der Waals surface area contributed by atoms with Crippen LogP contribution in [-0.4, -0.2) is 16.8 Å². The van der Waals surface area contributed by atoms with E-state index < -0.39 is 0 Å².